The largest absolute Gasteiger partial charge is 0.383 e. The Hall–Kier alpha value is -1.13. The fourth-order valence-electron chi connectivity index (χ4n) is 1.38. The lowest BCUT2D eigenvalue weighted by Crippen LogP contribution is -2.32. The second kappa shape index (κ2) is 6.57. The molecule has 0 saturated carbocycles. The van der Waals surface area contributed by atoms with Crippen LogP contribution >= 0.6 is 11.6 Å². The Balaban J connectivity index is 2.61. The van der Waals surface area contributed by atoms with Crippen LogP contribution in [0.3, 0.4) is 0 Å². The number of nitrogens with one attached hydrogen (secondary N) is 1. The molecule has 94 valence electrons. The molecular formula is C12H15ClFNO2. The minimum atomic E-state index is -0.430. The average molecular weight is 260 g/mol. The quantitative estimate of drug-likeness (QED) is 0.823. The van der Waals surface area contributed by atoms with Gasteiger partial charge in [0.05, 0.1) is 12.0 Å². The Labute approximate surface area is 105 Å². The van der Waals surface area contributed by atoms with Crippen LogP contribution in [0.4, 0.5) is 4.39 Å². The summed E-state index contributed by atoms with van der Waals surface area (Å²) in [6.07, 6.45) is 0. The molecule has 0 aliphatic heterocycles. The molecule has 0 spiro atoms. The van der Waals surface area contributed by atoms with Gasteiger partial charge < -0.3 is 10.1 Å². The molecule has 0 aliphatic carbocycles. The highest BCUT2D eigenvalue weighted by Crippen LogP contribution is 2.10. The van der Waals surface area contributed by atoms with E-state index in [4.69, 9.17) is 16.3 Å². The maximum atomic E-state index is 13.0. The number of halogens is 2. The van der Waals surface area contributed by atoms with Crippen molar-refractivity contribution in [2.24, 2.45) is 0 Å². The van der Waals surface area contributed by atoms with Crippen LogP contribution in [0.5, 0.6) is 0 Å². The summed E-state index contributed by atoms with van der Waals surface area (Å²) >= 11 is 5.87. The molecule has 1 atom stereocenters. The van der Waals surface area contributed by atoms with Gasteiger partial charge >= 0.3 is 0 Å². The van der Waals surface area contributed by atoms with Crippen molar-refractivity contribution in [3.63, 3.8) is 0 Å². The molecule has 1 aromatic carbocycles. The summed E-state index contributed by atoms with van der Waals surface area (Å²) in [5.74, 6) is -0.760. The molecule has 1 unspecified atom stereocenters. The van der Waals surface area contributed by atoms with Gasteiger partial charge in [0.15, 0.2) is 0 Å². The van der Waals surface area contributed by atoms with Crippen molar-refractivity contribution in [2.75, 3.05) is 20.3 Å². The van der Waals surface area contributed by atoms with Gasteiger partial charge in [0.2, 0.25) is 0 Å². The van der Waals surface area contributed by atoms with Crippen LogP contribution in [0.15, 0.2) is 18.2 Å². The molecule has 0 aliphatic rings. The summed E-state index contributed by atoms with van der Waals surface area (Å²) in [5, 5.41) is 2.34. The highest BCUT2D eigenvalue weighted by atomic mass is 35.5. The Morgan fingerprint density at radius 2 is 2.29 bits per heavy atom. The third-order valence-corrected chi connectivity index (χ3v) is 2.56. The number of hydrogen-bond donors (Lipinski definition) is 1. The van der Waals surface area contributed by atoms with Crippen molar-refractivity contribution in [3.05, 3.63) is 35.1 Å². The second-order valence-electron chi connectivity index (χ2n) is 3.72. The van der Waals surface area contributed by atoms with E-state index in [9.17, 15) is 9.18 Å². The van der Waals surface area contributed by atoms with Crippen LogP contribution in [-0.4, -0.2) is 31.5 Å². The fourth-order valence-corrected chi connectivity index (χ4v) is 1.58. The Bertz CT molecular complexity index is 398. The Morgan fingerprint density at radius 1 is 1.59 bits per heavy atom. The van der Waals surface area contributed by atoms with Gasteiger partial charge in [0.25, 0.3) is 5.91 Å². The topological polar surface area (TPSA) is 38.3 Å². The zero-order chi connectivity index (χ0) is 12.8. The number of aryl methyl sites for hydroxylation is 1. The summed E-state index contributed by atoms with van der Waals surface area (Å²) < 4.78 is 17.8. The first-order valence-corrected chi connectivity index (χ1v) is 5.65. The normalized spacial score (nSPS) is 12.2. The number of carbonyl (C=O) groups is 1. The summed E-state index contributed by atoms with van der Waals surface area (Å²) in [5.41, 5.74) is 1.05. The monoisotopic (exact) mass is 259 g/mol. The number of methoxy groups -OCH3 is 1. The molecule has 0 bridgehead atoms. The number of benzene rings is 1. The number of alkyl halides is 1. The molecule has 1 rings (SSSR count). The number of amides is 1. The predicted molar refractivity (Wildman–Crippen MR) is 65.0 cm³/mol. The van der Waals surface area contributed by atoms with Gasteiger partial charge in [-0.25, -0.2) is 4.39 Å². The van der Waals surface area contributed by atoms with E-state index in [-0.39, 0.29) is 17.8 Å². The van der Waals surface area contributed by atoms with Crippen molar-refractivity contribution < 1.29 is 13.9 Å². The summed E-state index contributed by atoms with van der Waals surface area (Å²) in [4.78, 5) is 11.7. The smallest absolute Gasteiger partial charge is 0.251 e. The lowest BCUT2D eigenvalue weighted by molar-refractivity contribution is 0.0948. The van der Waals surface area contributed by atoms with E-state index >= 15 is 0 Å². The Kier molecular flexibility index (Phi) is 5.38. The van der Waals surface area contributed by atoms with Crippen molar-refractivity contribution in [1.82, 2.24) is 5.32 Å². The number of hydrogen-bond acceptors (Lipinski definition) is 2. The molecule has 1 N–H and O–H groups in total. The van der Waals surface area contributed by atoms with E-state index in [1.165, 1.54) is 19.2 Å². The first-order chi connectivity index (χ1) is 8.04. The molecule has 1 aromatic rings. The highest BCUT2D eigenvalue weighted by molar-refractivity contribution is 6.21. The van der Waals surface area contributed by atoms with Gasteiger partial charge in [0, 0.05) is 19.2 Å². The SMILES string of the molecule is COCC(Cl)CNC(=O)c1cc(F)ccc1C. The molecule has 0 fully saturated rings. The van der Waals surface area contributed by atoms with Gasteiger partial charge in [0.1, 0.15) is 5.82 Å². The molecule has 3 nitrogen and oxygen atoms in total. The third kappa shape index (κ3) is 4.32. The number of ether oxygens (including phenoxy) is 1. The lowest BCUT2D eigenvalue weighted by Gasteiger charge is -2.11. The number of rotatable bonds is 5. The standard InChI is InChI=1S/C12H15ClFNO2/c1-8-3-4-10(14)5-11(8)12(16)15-6-9(13)7-17-2/h3-5,9H,6-7H2,1-2H3,(H,15,16). The summed E-state index contributed by atoms with van der Waals surface area (Å²) in [6, 6.07) is 4.10. The average Bonchev–Trinajstić information content (AvgIpc) is 2.29. The minimum Gasteiger partial charge on any atom is -0.383 e. The minimum absolute atomic E-state index is 0.282. The van der Waals surface area contributed by atoms with Crippen molar-refractivity contribution in [2.45, 2.75) is 12.3 Å². The zero-order valence-corrected chi connectivity index (χ0v) is 10.6. The summed E-state index contributed by atoms with van der Waals surface area (Å²) in [6.45, 7) is 2.38. The van der Waals surface area contributed by atoms with Crippen LogP contribution in [0.1, 0.15) is 15.9 Å². The first kappa shape index (κ1) is 13.9. The van der Waals surface area contributed by atoms with Gasteiger partial charge in [-0.3, -0.25) is 4.79 Å². The molecule has 1 amide bonds. The maximum absolute atomic E-state index is 13.0. The fraction of sp³-hybridized carbons (Fsp3) is 0.417. The molecule has 0 saturated heterocycles. The molecule has 17 heavy (non-hydrogen) atoms. The molecular weight excluding hydrogens is 245 g/mol. The maximum Gasteiger partial charge on any atom is 0.251 e. The van der Waals surface area contributed by atoms with Gasteiger partial charge in [-0.1, -0.05) is 6.07 Å². The van der Waals surface area contributed by atoms with Gasteiger partial charge in [-0.15, -0.1) is 11.6 Å². The van der Waals surface area contributed by atoms with Crippen molar-refractivity contribution in [1.29, 1.82) is 0 Å². The van der Waals surface area contributed by atoms with E-state index < -0.39 is 5.82 Å². The number of carbonyl (C=O) groups excluding carboxylic acids is 1. The molecule has 0 radical (unpaired) electrons. The van der Waals surface area contributed by atoms with Crippen LogP contribution in [0.2, 0.25) is 0 Å². The molecule has 0 aromatic heterocycles. The van der Waals surface area contributed by atoms with Crippen LogP contribution in [0.25, 0.3) is 0 Å². The third-order valence-electron chi connectivity index (χ3n) is 2.28. The van der Waals surface area contributed by atoms with Crippen LogP contribution in [-0.2, 0) is 4.74 Å². The van der Waals surface area contributed by atoms with Gasteiger partial charge in [-0.2, -0.15) is 0 Å². The van der Waals surface area contributed by atoms with E-state index in [2.05, 4.69) is 5.32 Å². The lowest BCUT2D eigenvalue weighted by atomic mass is 10.1. The van der Waals surface area contributed by atoms with Crippen molar-refractivity contribution in [3.8, 4) is 0 Å². The van der Waals surface area contributed by atoms with E-state index in [1.807, 2.05) is 0 Å². The van der Waals surface area contributed by atoms with Crippen molar-refractivity contribution >= 4 is 17.5 Å². The zero-order valence-electron chi connectivity index (χ0n) is 9.80. The Morgan fingerprint density at radius 3 is 2.94 bits per heavy atom. The summed E-state index contributed by atoms with van der Waals surface area (Å²) in [7, 11) is 1.54. The second-order valence-corrected chi connectivity index (χ2v) is 4.34. The first-order valence-electron chi connectivity index (χ1n) is 5.22. The highest BCUT2D eigenvalue weighted by Gasteiger charge is 2.11. The van der Waals surface area contributed by atoms with Crippen LogP contribution in [0, 0.1) is 12.7 Å². The van der Waals surface area contributed by atoms with Gasteiger partial charge in [-0.05, 0) is 24.6 Å². The predicted octanol–water partition coefficient (Wildman–Crippen LogP) is 2.12. The van der Waals surface area contributed by atoms with E-state index in [0.29, 0.717) is 12.2 Å². The molecule has 5 heteroatoms. The molecule has 0 heterocycles. The van der Waals surface area contributed by atoms with E-state index in [0.717, 1.165) is 5.56 Å². The van der Waals surface area contributed by atoms with Crippen LogP contribution < -0.4 is 5.32 Å². The van der Waals surface area contributed by atoms with E-state index in [1.54, 1.807) is 13.0 Å².